The minimum atomic E-state index is -0.145. The number of piperidine rings is 1. The first-order valence-corrected chi connectivity index (χ1v) is 7.32. The van der Waals surface area contributed by atoms with E-state index in [2.05, 4.69) is 25.7 Å². The van der Waals surface area contributed by atoms with Crippen molar-refractivity contribution in [3.8, 4) is 0 Å². The van der Waals surface area contributed by atoms with Gasteiger partial charge >= 0.3 is 0 Å². The Labute approximate surface area is 112 Å². The molecule has 2 rings (SSSR count). The fourth-order valence-electron chi connectivity index (χ4n) is 3.65. The number of ether oxygens (including phenoxy) is 1. The van der Waals surface area contributed by atoms with Crippen LogP contribution >= 0.6 is 0 Å². The first-order valence-electron chi connectivity index (χ1n) is 7.32. The smallest absolute Gasteiger partial charge is 0.0777 e. The van der Waals surface area contributed by atoms with Gasteiger partial charge in [-0.3, -0.25) is 0 Å². The predicted molar refractivity (Wildman–Crippen MR) is 73.6 cm³/mol. The fraction of sp³-hybridized carbons (Fsp3) is 1.00. The minimum Gasteiger partial charge on any atom is -0.392 e. The highest BCUT2D eigenvalue weighted by molar-refractivity contribution is 4.94. The Kier molecular flexibility index (Phi) is 4.05. The van der Waals surface area contributed by atoms with Crippen LogP contribution in [-0.4, -0.2) is 48.5 Å². The van der Waals surface area contributed by atoms with Gasteiger partial charge in [0, 0.05) is 20.2 Å². The summed E-state index contributed by atoms with van der Waals surface area (Å²) in [6, 6.07) is 0. The van der Waals surface area contributed by atoms with Crippen LogP contribution in [0, 0.1) is 11.3 Å². The summed E-state index contributed by atoms with van der Waals surface area (Å²) in [6.07, 6.45) is 4.52. The second kappa shape index (κ2) is 5.10. The molecule has 1 saturated carbocycles. The molecule has 0 radical (unpaired) electrons. The van der Waals surface area contributed by atoms with Crippen molar-refractivity contribution in [2.75, 3.05) is 26.7 Å². The molecular weight excluding hydrogens is 226 g/mol. The van der Waals surface area contributed by atoms with Crippen LogP contribution in [0.5, 0.6) is 0 Å². The summed E-state index contributed by atoms with van der Waals surface area (Å²) in [6.45, 7) is 9.77. The van der Waals surface area contributed by atoms with Gasteiger partial charge in [0.25, 0.3) is 0 Å². The monoisotopic (exact) mass is 255 g/mol. The molecule has 3 atom stereocenters. The number of nitrogens with zero attached hydrogens (tertiary/aromatic N) is 1. The van der Waals surface area contributed by atoms with E-state index in [0.717, 1.165) is 38.9 Å². The molecule has 18 heavy (non-hydrogen) atoms. The molecule has 0 spiro atoms. The van der Waals surface area contributed by atoms with Crippen molar-refractivity contribution in [2.45, 2.75) is 58.2 Å². The molecule has 3 nitrogen and oxygen atoms in total. The number of hydrogen-bond donors (Lipinski definition) is 1. The highest BCUT2D eigenvalue weighted by Crippen LogP contribution is 2.42. The van der Waals surface area contributed by atoms with Gasteiger partial charge in [-0.25, -0.2) is 0 Å². The van der Waals surface area contributed by atoms with Crippen molar-refractivity contribution >= 4 is 0 Å². The van der Waals surface area contributed by atoms with E-state index in [4.69, 9.17) is 4.74 Å². The molecule has 1 heterocycles. The second-order valence-corrected chi connectivity index (χ2v) is 7.22. The molecule has 1 aliphatic heterocycles. The van der Waals surface area contributed by atoms with E-state index >= 15 is 0 Å². The summed E-state index contributed by atoms with van der Waals surface area (Å²) in [5.74, 6) is 0.444. The van der Waals surface area contributed by atoms with E-state index in [0.29, 0.717) is 5.92 Å². The van der Waals surface area contributed by atoms with Crippen LogP contribution in [-0.2, 0) is 4.74 Å². The summed E-state index contributed by atoms with van der Waals surface area (Å²) in [5, 5.41) is 10.4. The predicted octanol–water partition coefficient (Wildman–Crippen LogP) is 2.28. The fourth-order valence-corrected chi connectivity index (χ4v) is 3.65. The van der Waals surface area contributed by atoms with E-state index in [1.807, 2.05) is 7.11 Å². The molecule has 0 bridgehead atoms. The maximum Gasteiger partial charge on any atom is 0.0777 e. The van der Waals surface area contributed by atoms with Crippen LogP contribution in [0.3, 0.4) is 0 Å². The highest BCUT2D eigenvalue weighted by Gasteiger charge is 2.42. The van der Waals surface area contributed by atoms with E-state index < -0.39 is 0 Å². The zero-order chi connectivity index (χ0) is 13.4. The summed E-state index contributed by atoms with van der Waals surface area (Å²) in [7, 11) is 1.82. The van der Waals surface area contributed by atoms with Crippen molar-refractivity contribution in [1.29, 1.82) is 0 Å². The lowest BCUT2D eigenvalue weighted by atomic mass is 9.87. The molecule has 0 aromatic heterocycles. The number of methoxy groups -OCH3 is 1. The summed E-state index contributed by atoms with van der Waals surface area (Å²) >= 11 is 0. The lowest BCUT2D eigenvalue weighted by molar-refractivity contribution is -0.0595. The molecule has 3 heteroatoms. The van der Waals surface area contributed by atoms with Crippen LogP contribution in [0.1, 0.15) is 46.5 Å². The van der Waals surface area contributed by atoms with Gasteiger partial charge in [-0.15, -0.1) is 0 Å². The lowest BCUT2D eigenvalue weighted by Gasteiger charge is -2.41. The third-order valence-electron chi connectivity index (χ3n) is 5.13. The largest absolute Gasteiger partial charge is 0.392 e. The molecule has 1 aliphatic carbocycles. The van der Waals surface area contributed by atoms with E-state index in [9.17, 15) is 5.11 Å². The Morgan fingerprint density at radius 3 is 2.56 bits per heavy atom. The van der Waals surface area contributed by atoms with Gasteiger partial charge < -0.3 is 14.7 Å². The number of hydrogen-bond acceptors (Lipinski definition) is 3. The molecule has 1 N–H and O–H groups in total. The first kappa shape index (κ1) is 14.3. The molecule has 106 valence electrons. The zero-order valence-corrected chi connectivity index (χ0v) is 12.4. The van der Waals surface area contributed by atoms with Crippen molar-refractivity contribution in [3.05, 3.63) is 0 Å². The molecule has 0 aromatic rings. The summed E-state index contributed by atoms with van der Waals surface area (Å²) < 4.78 is 5.64. The minimum absolute atomic E-state index is 0.0112. The molecule has 2 fully saturated rings. The number of likely N-dealkylation sites (tertiary alicyclic amines) is 1. The average Bonchev–Trinajstić information content (AvgIpc) is 2.57. The normalized spacial score (nSPS) is 41.2. The molecule has 0 amide bonds. The zero-order valence-electron chi connectivity index (χ0n) is 12.4. The quantitative estimate of drug-likeness (QED) is 0.840. The maximum absolute atomic E-state index is 10.4. The molecule has 3 unspecified atom stereocenters. The molecule has 2 aliphatic rings. The standard InChI is InChI=1S/C15H29NO2/c1-14(2)8-6-12(13(14)17)10-16-9-5-7-15(3,11-16)18-4/h12-13,17H,5-11H2,1-4H3. The van der Waals surface area contributed by atoms with Gasteiger partial charge in [0.1, 0.15) is 0 Å². The Morgan fingerprint density at radius 1 is 1.28 bits per heavy atom. The Hall–Kier alpha value is -0.120. The van der Waals surface area contributed by atoms with Crippen LogP contribution in [0.25, 0.3) is 0 Å². The van der Waals surface area contributed by atoms with Crippen LogP contribution < -0.4 is 0 Å². The van der Waals surface area contributed by atoms with Gasteiger partial charge in [-0.1, -0.05) is 13.8 Å². The SMILES string of the molecule is COC1(C)CCCN(CC2CCC(C)(C)C2O)C1. The van der Waals surface area contributed by atoms with Crippen LogP contribution in [0.2, 0.25) is 0 Å². The summed E-state index contributed by atoms with van der Waals surface area (Å²) in [4.78, 5) is 2.49. The van der Waals surface area contributed by atoms with E-state index in [1.54, 1.807) is 0 Å². The molecular formula is C15H29NO2. The number of aliphatic hydroxyl groups is 1. The van der Waals surface area contributed by atoms with Crippen LogP contribution in [0.4, 0.5) is 0 Å². The van der Waals surface area contributed by atoms with Crippen molar-refractivity contribution in [3.63, 3.8) is 0 Å². The maximum atomic E-state index is 10.4. The Morgan fingerprint density at radius 2 is 2.00 bits per heavy atom. The highest BCUT2D eigenvalue weighted by atomic mass is 16.5. The van der Waals surface area contributed by atoms with E-state index in [1.165, 1.54) is 6.42 Å². The van der Waals surface area contributed by atoms with Gasteiger partial charge in [0.15, 0.2) is 0 Å². The molecule has 1 saturated heterocycles. The van der Waals surface area contributed by atoms with E-state index in [-0.39, 0.29) is 17.1 Å². The third kappa shape index (κ3) is 2.89. The lowest BCUT2D eigenvalue weighted by Crippen LogP contribution is -2.49. The number of rotatable bonds is 3. The van der Waals surface area contributed by atoms with Crippen LogP contribution in [0.15, 0.2) is 0 Å². The number of aliphatic hydroxyl groups excluding tert-OH is 1. The summed E-state index contributed by atoms with van der Waals surface area (Å²) in [5.41, 5.74) is 0.113. The van der Waals surface area contributed by atoms with Gasteiger partial charge in [0.2, 0.25) is 0 Å². The van der Waals surface area contributed by atoms with Crippen molar-refractivity contribution < 1.29 is 9.84 Å². The Bertz CT molecular complexity index is 292. The topological polar surface area (TPSA) is 32.7 Å². The van der Waals surface area contributed by atoms with Crippen molar-refractivity contribution in [2.24, 2.45) is 11.3 Å². The first-order chi connectivity index (χ1) is 8.36. The van der Waals surface area contributed by atoms with Gasteiger partial charge in [-0.05, 0) is 50.5 Å². The third-order valence-corrected chi connectivity index (χ3v) is 5.13. The van der Waals surface area contributed by atoms with Crippen molar-refractivity contribution in [1.82, 2.24) is 4.90 Å². The average molecular weight is 255 g/mol. The van der Waals surface area contributed by atoms with Gasteiger partial charge in [0.05, 0.1) is 11.7 Å². The Balaban J connectivity index is 1.90. The second-order valence-electron chi connectivity index (χ2n) is 7.22. The van der Waals surface area contributed by atoms with Gasteiger partial charge in [-0.2, -0.15) is 0 Å². The molecule has 0 aromatic carbocycles.